The average molecular weight is 1000 g/mol. The van der Waals surface area contributed by atoms with Gasteiger partial charge < -0.3 is 14.2 Å². The molecule has 0 aromatic rings. The molecule has 0 spiro atoms. The number of rotatable bonds is 59. The van der Waals surface area contributed by atoms with E-state index in [2.05, 4.69) is 45.1 Å². The molecule has 0 fully saturated rings. The van der Waals surface area contributed by atoms with Gasteiger partial charge in [-0.3, -0.25) is 14.4 Å². The van der Waals surface area contributed by atoms with Gasteiger partial charge in [-0.1, -0.05) is 308 Å². The zero-order valence-electron chi connectivity index (χ0n) is 48.0. The highest BCUT2D eigenvalue weighted by molar-refractivity contribution is 5.71. The highest BCUT2D eigenvalue weighted by Gasteiger charge is 2.19. The van der Waals surface area contributed by atoms with Crippen LogP contribution in [0.1, 0.15) is 355 Å². The van der Waals surface area contributed by atoms with Crippen LogP contribution in [0.25, 0.3) is 0 Å². The van der Waals surface area contributed by atoms with Crippen LogP contribution in [0.2, 0.25) is 0 Å². The molecule has 418 valence electrons. The molecule has 0 radical (unpaired) electrons. The first-order valence-corrected chi connectivity index (χ1v) is 31.8. The molecule has 0 aliphatic heterocycles. The van der Waals surface area contributed by atoms with Gasteiger partial charge in [0.25, 0.3) is 0 Å². The van der Waals surface area contributed by atoms with E-state index >= 15 is 0 Å². The lowest BCUT2D eigenvalue weighted by molar-refractivity contribution is -0.167. The van der Waals surface area contributed by atoms with Crippen LogP contribution >= 0.6 is 0 Å². The number of allylic oxidation sites excluding steroid dienone is 4. The maximum Gasteiger partial charge on any atom is 0.306 e. The standard InChI is InChI=1S/C65H122O6/c1-4-7-10-13-16-19-22-25-28-30-31-32-33-34-35-38-40-43-46-49-52-55-58-64(67)70-61-62(60-69-63(66)57-54-51-48-45-42-39-36-27-24-21-18-15-12-9-6-3)71-65(68)59-56-53-50-47-44-41-37-29-26-23-20-17-14-11-8-5-2/h20,23,29,37,62H,4-19,21-22,24-28,30-36,38-61H2,1-3H3/b23-20-,37-29-. The molecule has 0 saturated heterocycles. The van der Waals surface area contributed by atoms with E-state index in [1.54, 1.807) is 0 Å². The van der Waals surface area contributed by atoms with E-state index in [9.17, 15) is 14.4 Å². The molecule has 0 amide bonds. The quantitative estimate of drug-likeness (QED) is 0.0261. The maximum atomic E-state index is 12.9. The van der Waals surface area contributed by atoms with E-state index in [0.717, 1.165) is 77.0 Å². The smallest absolute Gasteiger partial charge is 0.306 e. The molecule has 0 aromatic heterocycles. The molecule has 0 bridgehead atoms. The predicted molar refractivity (Wildman–Crippen MR) is 307 cm³/mol. The van der Waals surface area contributed by atoms with Crippen molar-refractivity contribution in [1.82, 2.24) is 0 Å². The normalized spacial score (nSPS) is 12.1. The molecular formula is C65H122O6. The van der Waals surface area contributed by atoms with Crippen molar-refractivity contribution in [1.29, 1.82) is 0 Å². The molecule has 0 N–H and O–H groups in total. The second-order valence-electron chi connectivity index (χ2n) is 21.7. The van der Waals surface area contributed by atoms with Gasteiger partial charge in [-0.15, -0.1) is 0 Å². The van der Waals surface area contributed by atoms with Crippen LogP contribution in [0.5, 0.6) is 0 Å². The largest absolute Gasteiger partial charge is 0.462 e. The number of hydrogen-bond acceptors (Lipinski definition) is 6. The highest BCUT2D eigenvalue weighted by atomic mass is 16.6. The van der Waals surface area contributed by atoms with Crippen LogP contribution in [0.4, 0.5) is 0 Å². The van der Waals surface area contributed by atoms with Crippen molar-refractivity contribution in [2.45, 2.75) is 361 Å². The zero-order chi connectivity index (χ0) is 51.4. The fourth-order valence-electron chi connectivity index (χ4n) is 9.65. The Morgan fingerprint density at radius 2 is 0.507 bits per heavy atom. The molecule has 0 heterocycles. The van der Waals surface area contributed by atoms with Gasteiger partial charge in [0.05, 0.1) is 0 Å². The predicted octanol–water partition coefficient (Wildman–Crippen LogP) is 21.4. The van der Waals surface area contributed by atoms with E-state index in [1.165, 1.54) is 238 Å². The molecule has 6 nitrogen and oxygen atoms in total. The third kappa shape index (κ3) is 58.7. The summed E-state index contributed by atoms with van der Waals surface area (Å²) in [7, 11) is 0. The molecule has 0 aliphatic rings. The summed E-state index contributed by atoms with van der Waals surface area (Å²) in [5.74, 6) is -0.857. The second-order valence-corrected chi connectivity index (χ2v) is 21.7. The van der Waals surface area contributed by atoms with Gasteiger partial charge in [0.2, 0.25) is 0 Å². The molecule has 0 aliphatic carbocycles. The summed E-state index contributed by atoms with van der Waals surface area (Å²) in [6, 6.07) is 0. The fraction of sp³-hybridized carbons (Fsp3) is 0.892. The van der Waals surface area contributed by atoms with Gasteiger partial charge >= 0.3 is 17.9 Å². The van der Waals surface area contributed by atoms with Crippen LogP contribution < -0.4 is 0 Å². The molecule has 71 heavy (non-hydrogen) atoms. The maximum absolute atomic E-state index is 12.9. The van der Waals surface area contributed by atoms with Crippen molar-refractivity contribution < 1.29 is 28.6 Å². The van der Waals surface area contributed by atoms with E-state index in [0.29, 0.717) is 19.3 Å². The first-order chi connectivity index (χ1) is 35.0. The Morgan fingerprint density at radius 1 is 0.282 bits per heavy atom. The van der Waals surface area contributed by atoms with Crippen molar-refractivity contribution in [3.8, 4) is 0 Å². The van der Waals surface area contributed by atoms with Gasteiger partial charge in [0.15, 0.2) is 6.10 Å². The Hall–Kier alpha value is -2.11. The van der Waals surface area contributed by atoms with Gasteiger partial charge in [-0.25, -0.2) is 0 Å². The molecule has 6 heteroatoms. The Morgan fingerprint density at radius 3 is 0.789 bits per heavy atom. The third-order valence-electron chi connectivity index (χ3n) is 14.5. The Balaban J connectivity index is 4.28. The van der Waals surface area contributed by atoms with Gasteiger partial charge in [-0.05, 0) is 51.4 Å². The number of ether oxygens (including phenoxy) is 3. The van der Waals surface area contributed by atoms with E-state index in [-0.39, 0.29) is 31.1 Å². The summed E-state index contributed by atoms with van der Waals surface area (Å²) in [6.45, 7) is 6.68. The Bertz CT molecular complexity index is 1150. The summed E-state index contributed by atoms with van der Waals surface area (Å²) in [6.07, 6.45) is 71.8. The molecule has 0 rings (SSSR count). The number of unbranched alkanes of at least 4 members (excludes halogenated alkanes) is 44. The molecule has 1 atom stereocenters. The SMILES string of the molecule is CCCCCC/C=C\C/C=C\CCCCCCCC(=O)OC(COC(=O)CCCCCCCCCCCCCCCCC)COC(=O)CCCCCCCCCCCCCCCCCCCCCCCC. The molecule has 0 saturated carbocycles. The van der Waals surface area contributed by atoms with Crippen molar-refractivity contribution in [2.75, 3.05) is 13.2 Å². The van der Waals surface area contributed by atoms with Crippen LogP contribution in [-0.2, 0) is 28.6 Å². The lowest BCUT2D eigenvalue weighted by Gasteiger charge is -2.18. The highest BCUT2D eigenvalue weighted by Crippen LogP contribution is 2.18. The minimum atomic E-state index is -0.774. The van der Waals surface area contributed by atoms with Gasteiger partial charge in [-0.2, -0.15) is 0 Å². The number of carbonyl (C=O) groups is 3. The third-order valence-corrected chi connectivity index (χ3v) is 14.5. The van der Waals surface area contributed by atoms with Gasteiger partial charge in [0, 0.05) is 19.3 Å². The average Bonchev–Trinajstić information content (AvgIpc) is 3.37. The summed E-state index contributed by atoms with van der Waals surface area (Å²) in [5, 5.41) is 0. The van der Waals surface area contributed by atoms with Crippen molar-refractivity contribution in [3.63, 3.8) is 0 Å². The number of hydrogen-bond donors (Lipinski definition) is 0. The molecule has 0 aromatic carbocycles. The van der Waals surface area contributed by atoms with Crippen molar-refractivity contribution >= 4 is 17.9 Å². The lowest BCUT2D eigenvalue weighted by Crippen LogP contribution is -2.30. The first-order valence-electron chi connectivity index (χ1n) is 31.8. The van der Waals surface area contributed by atoms with Crippen LogP contribution in [0.15, 0.2) is 24.3 Å². The Kier molecular flexibility index (Phi) is 58.6. The van der Waals surface area contributed by atoms with Crippen LogP contribution in [-0.4, -0.2) is 37.2 Å². The van der Waals surface area contributed by atoms with Crippen molar-refractivity contribution in [3.05, 3.63) is 24.3 Å². The summed E-state index contributed by atoms with van der Waals surface area (Å²) < 4.78 is 16.9. The minimum Gasteiger partial charge on any atom is -0.462 e. The van der Waals surface area contributed by atoms with Gasteiger partial charge in [0.1, 0.15) is 13.2 Å². The summed E-state index contributed by atoms with van der Waals surface area (Å²) in [4.78, 5) is 38.3. The topological polar surface area (TPSA) is 78.9 Å². The van der Waals surface area contributed by atoms with Crippen molar-refractivity contribution in [2.24, 2.45) is 0 Å². The monoisotopic (exact) mass is 999 g/mol. The lowest BCUT2D eigenvalue weighted by atomic mass is 10.0. The summed E-state index contributed by atoms with van der Waals surface area (Å²) in [5.41, 5.74) is 0. The van der Waals surface area contributed by atoms with E-state index in [1.807, 2.05) is 0 Å². The zero-order valence-corrected chi connectivity index (χ0v) is 48.0. The molecular weight excluding hydrogens is 877 g/mol. The number of carbonyl (C=O) groups excluding carboxylic acids is 3. The Labute approximate surface area is 443 Å². The van der Waals surface area contributed by atoms with Crippen LogP contribution in [0.3, 0.4) is 0 Å². The number of esters is 3. The first kappa shape index (κ1) is 68.9. The van der Waals surface area contributed by atoms with E-state index in [4.69, 9.17) is 14.2 Å². The second kappa shape index (κ2) is 60.4. The van der Waals surface area contributed by atoms with E-state index < -0.39 is 6.10 Å². The van der Waals surface area contributed by atoms with Crippen LogP contribution in [0, 0.1) is 0 Å². The minimum absolute atomic E-state index is 0.0710. The fourth-order valence-corrected chi connectivity index (χ4v) is 9.65. The summed E-state index contributed by atoms with van der Waals surface area (Å²) >= 11 is 0. The molecule has 1 unspecified atom stereocenters.